The number of fused-ring (bicyclic) bond motifs is 1. The molecule has 180 valence electrons. The second kappa shape index (κ2) is 9.76. The summed E-state index contributed by atoms with van der Waals surface area (Å²) in [7, 11) is 0. The van der Waals surface area contributed by atoms with E-state index in [2.05, 4.69) is 62.8 Å². The van der Waals surface area contributed by atoms with E-state index in [9.17, 15) is 4.79 Å². The van der Waals surface area contributed by atoms with Gasteiger partial charge in [-0.1, -0.05) is 26.0 Å². The molecule has 1 N–H and O–H groups in total. The molecule has 1 aromatic heterocycles. The monoisotopic (exact) mass is 461 g/mol. The number of benzene rings is 2. The number of rotatable bonds is 5. The van der Waals surface area contributed by atoms with Crippen molar-refractivity contribution in [2.75, 3.05) is 50.8 Å². The summed E-state index contributed by atoms with van der Waals surface area (Å²) in [6.45, 7) is 13.3. The number of aromatic amines is 1. The Labute approximate surface area is 201 Å². The van der Waals surface area contributed by atoms with E-state index in [1.165, 1.54) is 11.3 Å². The van der Waals surface area contributed by atoms with Crippen LogP contribution < -0.4 is 4.90 Å². The van der Waals surface area contributed by atoms with E-state index in [1.54, 1.807) is 0 Å². The van der Waals surface area contributed by atoms with Crippen molar-refractivity contribution in [2.24, 2.45) is 5.92 Å². The van der Waals surface area contributed by atoms with Crippen LogP contribution in [0, 0.1) is 12.8 Å². The Morgan fingerprint density at radius 3 is 2.74 bits per heavy atom. The molecule has 2 saturated heterocycles. The molecule has 7 nitrogen and oxygen atoms in total. The Bertz CT molecular complexity index is 1150. The molecule has 0 radical (unpaired) electrons. The number of nitrogens with zero attached hydrogens (tertiary/aromatic N) is 4. The van der Waals surface area contributed by atoms with Gasteiger partial charge in [0.2, 0.25) is 0 Å². The van der Waals surface area contributed by atoms with Crippen LogP contribution in [0.3, 0.4) is 0 Å². The van der Waals surface area contributed by atoms with Crippen molar-refractivity contribution in [1.29, 1.82) is 0 Å². The Kier molecular flexibility index (Phi) is 6.57. The summed E-state index contributed by atoms with van der Waals surface area (Å²) < 4.78 is 5.50. The maximum atomic E-state index is 13.5. The van der Waals surface area contributed by atoms with Crippen molar-refractivity contribution in [2.45, 2.75) is 33.4 Å². The second-order valence-electron chi connectivity index (χ2n) is 9.87. The third-order valence-electron chi connectivity index (χ3n) is 7.07. The van der Waals surface area contributed by atoms with Crippen LogP contribution in [0.25, 0.3) is 11.0 Å². The van der Waals surface area contributed by atoms with Crippen LogP contribution in [0.5, 0.6) is 0 Å². The van der Waals surface area contributed by atoms with Crippen molar-refractivity contribution < 1.29 is 9.53 Å². The Morgan fingerprint density at radius 2 is 1.94 bits per heavy atom. The zero-order valence-corrected chi connectivity index (χ0v) is 20.5. The molecule has 3 aromatic rings. The molecule has 2 aromatic carbocycles. The summed E-state index contributed by atoms with van der Waals surface area (Å²) in [6, 6.07) is 14.9. The summed E-state index contributed by atoms with van der Waals surface area (Å²) in [5.41, 5.74) is 5.15. The molecular weight excluding hydrogens is 426 g/mol. The van der Waals surface area contributed by atoms with Gasteiger partial charge in [-0.2, -0.15) is 0 Å². The maximum absolute atomic E-state index is 13.5. The van der Waals surface area contributed by atoms with E-state index in [1.807, 2.05) is 25.1 Å². The topological polar surface area (TPSA) is 64.7 Å². The normalized spacial score (nSPS) is 19.8. The number of aryl methyl sites for hydroxylation is 1. The molecule has 7 heteroatoms. The van der Waals surface area contributed by atoms with Crippen molar-refractivity contribution in [3.63, 3.8) is 0 Å². The minimum absolute atomic E-state index is 0.113. The minimum Gasteiger partial charge on any atom is -0.378 e. The first-order valence-corrected chi connectivity index (χ1v) is 12.4. The van der Waals surface area contributed by atoms with Crippen LogP contribution in [0.2, 0.25) is 0 Å². The molecule has 0 saturated carbocycles. The highest BCUT2D eigenvalue weighted by atomic mass is 16.5. The first kappa shape index (κ1) is 22.9. The van der Waals surface area contributed by atoms with Gasteiger partial charge in [0.05, 0.1) is 24.2 Å². The molecule has 2 aliphatic heterocycles. The molecule has 1 atom stereocenters. The second-order valence-corrected chi connectivity index (χ2v) is 9.87. The molecule has 3 heterocycles. The number of anilines is 1. The molecule has 2 aliphatic rings. The van der Waals surface area contributed by atoms with E-state index in [0.29, 0.717) is 5.92 Å². The lowest BCUT2D eigenvalue weighted by molar-refractivity contribution is 0.0329. The van der Waals surface area contributed by atoms with Gasteiger partial charge >= 0.3 is 0 Å². The van der Waals surface area contributed by atoms with Gasteiger partial charge < -0.3 is 19.5 Å². The average molecular weight is 462 g/mol. The highest BCUT2D eigenvalue weighted by Crippen LogP contribution is 2.24. The third kappa shape index (κ3) is 4.81. The van der Waals surface area contributed by atoms with E-state index < -0.39 is 0 Å². The van der Waals surface area contributed by atoms with Crippen molar-refractivity contribution in [3.05, 3.63) is 59.4 Å². The molecule has 1 amide bonds. The lowest BCUT2D eigenvalue weighted by Gasteiger charge is -2.43. The fourth-order valence-corrected chi connectivity index (χ4v) is 5.20. The van der Waals surface area contributed by atoms with Gasteiger partial charge in [-0.05, 0) is 48.7 Å². The molecule has 5 rings (SSSR count). The summed E-state index contributed by atoms with van der Waals surface area (Å²) in [5, 5.41) is 0. The number of imidazole rings is 1. The van der Waals surface area contributed by atoms with E-state index in [0.717, 1.165) is 74.9 Å². The number of piperazine rings is 1. The van der Waals surface area contributed by atoms with Crippen LogP contribution in [0.1, 0.15) is 35.6 Å². The van der Waals surface area contributed by atoms with Gasteiger partial charge in [-0.15, -0.1) is 0 Å². The number of aromatic nitrogens is 2. The standard InChI is InChI=1S/C27H35N5O2/c1-19(2)26-18-30(17-21-5-4-6-23(15-21)31-11-13-34-14-12-31)9-10-32(26)27(33)22-7-8-24-25(16-22)29-20(3)28-24/h4-8,15-16,19,26H,9-14,17-18H2,1-3H3,(H,28,29)/t26-/m1/s1. The summed E-state index contributed by atoms with van der Waals surface area (Å²) in [5.74, 6) is 1.36. The predicted molar refractivity (Wildman–Crippen MR) is 135 cm³/mol. The van der Waals surface area contributed by atoms with Gasteiger partial charge in [-0.3, -0.25) is 9.69 Å². The largest absolute Gasteiger partial charge is 0.378 e. The van der Waals surface area contributed by atoms with E-state index in [4.69, 9.17) is 4.74 Å². The van der Waals surface area contributed by atoms with Crippen molar-refractivity contribution in [1.82, 2.24) is 19.8 Å². The lowest BCUT2D eigenvalue weighted by Crippen LogP contribution is -2.56. The Balaban J connectivity index is 1.28. The maximum Gasteiger partial charge on any atom is 0.254 e. The van der Waals surface area contributed by atoms with Crippen molar-refractivity contribution >= 4 is 22.6 Å². The summed E-state index contributed by atoms with van der Waals surface area (Å²) in [6.07, 6.45) is 0. The number of carbonyl (C=O) groups excluding carboxylic acids is 1. The quantitative estimate of drug-likeness (QED) is 0.628. The first-order valence-electron chi connectivity index (χ1n) is 12.4. The number of nitrogens with one attached hydrogen (secondary N) is 1. The number of amides is 1. The van der Waals surface area contributed by atoms with Crippen LogP contribution >= 0.6 is 0 Å². The van der Waals surface area contributed by atoms with E-state index in [-0.39, 0.29) is 11.9 Å². The number of ether oxygens (including phenoxy) is 1. The number of hydrogen-bond acceptors (Lipinski definition) is 5. The average Bonchev–Trinajstić information content (AvgIpc) is 3.23. The first-order chi connectivity index (χ1) is 16.5. The number of morpholine rings is 1. The molecule has 0 unspecified atom stereocenters. The Morgan fingerprint density at radius 1 is 1.12 bits per heavy atom. The summed E-state index contributed by atoms with van der Waals surface area (Å²) >= 11 is 0. The van der Waals surface area contributed by atoms with Gasteiger partial charge in [-0.25, -0.2) is 4.98 Å². The smallest absolute Gasteiger partial charge is 0.254 e. The van der Waals surface area contributed by atoms with Gasteiger partial charge in [0, 0.05) is 56.6 Å². The fourth-order valence-electron chi connectivity index (χ4n) is 5.20. The Hall–Kier alpha value is -2.90. The van der Waals surface area contributed by atoms with Crippen LogP contribution in [-0.4, -0.2) is 77.7 Å². The van der Waals surface area contributed by atoms with Crippen LogP contribution in [0.4, 0.5) is 5.69 Å². The number of hydrogen-bond donors (Lipinski definition) is 1. The molecule has 2 fully saturated rings. The van der Waals surface area contributed by atoms with Gasteiger partial charge in [0.15, 0.2) is 0 Å². The highest BCUT2D eigenvalue weighted by molar-refractivity contribution is 5.97. The zero-order chi connectivity index (χ0) is 23.7. The summed E-state index contributed by atoms with van der Waals surface area (Å²) in [4.78, 5) is 28.2. The van der Waals surface area contributed by atoms with E-state index >= 15 is 0 Å². The molecule has 34 heavy (non-hydrogen) atoms. The third-order valence-corrected chi connectivity index (χ3v) is 7.07. The predicted octanol–water partition coefficient (Wildman–Crippen LogP) is 3.69. The number of H-pyrrole nitrogens is 1. The SMILES string of the molecule is Cc1nc2ccc(C(=O)N3CCN(Cc4cccc(N5CCOCC5)c4)C[C@@H]3C(C)C)cc2[nH]1. The molecule has 0 spiro atoms. The van der Waals surface area contributed by atoms with Crippen molar-refractivity contribution in [3.8, 4) is 0 Å². The minimum atomic E-state index is 0.113. The molecule has 0 bridgehead atoms. The van der Waals surface area contributed by atoms with Gasteiger partial charge in [0.1, 0.15) is 5.82 Å². The highest BCUT2D eigenvalue weighted by Gasteiger charge is 2.33. The molecular formula is C27H35N5O2. The lowest BCUT2D eigenvalue weighted by atomic mass is 9.97. The van der Waals surface area contributed by atoms with Gasteiger partial charge in [0.25, 0.3) is 5.91 Å². The van der Waals surface area contributed by atoms with Crippen LogP contribution in [-0.2, 0) is 11.3 Å². The molecule has 0 aliphatic carbocycles. The fraction of sp³-hybridized carbons (Fsp3) is 0.481. The zero-order valence-electron chi connectivity index (χ0n) is 20.5. The number of carbonyl (C=O) groups is 1. The van der Waals surface area contributed by atoms with Crippen LogP contribution in [0.15, 0.2) is 42.5 Å².